The van der Waals surface area contributed by atoms with Crippen molar-refractivity contribution in [2.45, 2.75) is 29.8 Å². The normalized spacial score (nSPS) is 14.2. The summed E-state index contributed by atoms with van der Waals surface area (Å²) < 4.78 is 17.7. The van der Waals surface area contributed by atoms with Crippen LogP contribution in [0.4, 0.5) is 0 Å². The Kier molecular flexibility index (Phi) is 8.88. The Morgan fingerprint density at radius 3 is 1.83 bits per heavy atom. The molecule has 0 aliphatic carbocycles. The summed E-state index contributed by atoms with van der Waals surface area (Å²) in [5, 5.41) is 12.0. The molecule has 0 aliphatic heterocycles. The van der Waals surface area contributed by atoms with Crippen molar-refractivity contribution in [3.63, 3.8) is 0 Å². The first-order chi connectivity index (χ1) is 16.8. The fraction of sp³-hybridized carbons (Fsp3) is 0.192. The molecule has 3 atom stereocenters. The van der Waals surface area contributed by atoms with Crippen LogP contribution in [0.5, 0.6) is 0 Å². The fourth-order valence-corrected chi connectivity index (χ4v) is 5.22. The van der Waals surface area contributed by atoms with E-state index in [2.05, 4.69) is 9.68 Å². The van der Waals surface area contributed by atoms with Crippen LogP contribution in [-0.4, -0.2) is 44.9 Å². The third-order valence-electron chi connectivity index (χ3n) is 5.21. The monoisotopic (exact) mass is 493 g/mol. The Labute approximate surface area is 204 Å². The molecule has 4 N–H and O–H groups in total. The van der Waals surface area contributed by atoms with E-state index in [9.17, 15) is 23.7 Å². The van der Waals surface area contributed by atoms with Crippen molar-refractivity contribution in [3.8, 4) is 0 Å². The number of carboxylic acid groups (broad SMARTS) is 1. The van der Waals surface area contributed by atoms with Crippen molar-refractivity contribution < 1.29 is 23.7 Å². The molecule has 3 aromatic carbocycles. The molecule has 35 heavy (non-hydrogen) atoms. The first kappa shape index (κ1) is 25.8. The molecule has 8 nitrogen and oxygen atoms in total. The van der Waals surface area contributed by atoms with E-state index >= 15 is 0 Å². The zero-order chi connectivity index (χ0) is 25.3. The average molecular weight is 494 g/mol. The van der Waals surface area contributed by atoms with E-state index in [4.69, 9.17) is 5.73 Å². The molecule has 0 saturated heterocycles. The molecule has 0 aliphatic rings. The first-order valence-corrected chi connectivity index (χ1v) is 12.6. The SMILES string of the molecule is N[C@@H](Cc1ccccc1)C(=O)N=S(=O)(CC(=O)N[C@@H](Cc1ccccc1)C(=O)O)c1ccccc1. The second-order valence-electron chi connectivity index (χ2n) is 7.97. The number of amides is 2. The average Bonchev–Trinajstić information content (AvgIpc) is 2.85. The highest BCUT2D eigenvalue weighted by Crippen LogP contribution is 2.16. The summed E-state index contributed by atoms with van der Waals surface area (Å²) in [6, 6.07) is 23.6. The minimum absolute atomic E-state index is 0.0481. The highest BCUT2D eigenvalue weighted by Gasteiger charge is 2.26. The number of rotatable bonds is 10. The van der Waals surface area contributed by atoms with Gasteiger partial charge >= 0.3 is 5.97 Å². The van der Waals surface area contributed by atoms with Gasteiger partial charge < -0.3 is 16.2 Å². The van der Waals surface area contributed by atoms with Gasteiger partial charge in [-0.05, 0) is 29.7 Å². The van der Waals surface area contributed by atoms with Crippen molar-refractivity contribution in [1.29, 1.82) is 0 Å². The maximum absolute atomic E-state index is 13.8. The molecule has 0 radical (unpaired) electrons. The molecule has 0 aromatic heterocycles. The lowest BCUT2D eigenvalue weighted by Crippen LogP contribution is -2.44. The molecular formula is C26H27N3O5S. The van der Waals surface area contributed by atoms with Crippen molar-refractivity contribution in [2.75, 3.05) is 5.75 Å². The van der Waals surface area contributed by atoms with Crippen molar-refractivity contribution >= 4 is 27.5 Å². The highest BCUT2D eigenvalue weighted by atomic mass is 32.2. The first-order valence-electron chi connectivity index (χ1n) is 11.0. The molecule has 0 spiro atoms. The predicted octanol–water partition coefficient (Wildman–Crippen LogP) is 2.42. The highest BCUT2D eigenvalue weighted by molar-refractivity contribution is 7.94. The van der Waals surface area contributed by atoms with Gasteiger partial charge in [-0.3, -0.25) is 9.59 Å². The van der Waals surface area contributed by atoms with Crippen LogP contribution in [-0.2, 0) is 37.0 Å². The molecule has 3 rings (SSSR count). The Hall–Kier alpha value is -3.82. The number of carboxylic acids is 1. The molecular weight excluding hydrogens is 466 g/mol. The second kappa shape index (κ2) is 12.0. The van der Waals surface area contributed by atoms with Gasteiger partial charge in [0, 0.05) is 11.3 Å². The van der Waals surface area contributed by atoms with E-state index in [0.29, 0.717) is 0 Å². The summed E-state index contributed by atoms with van der Waals surface area (Å²) in [6.07, 6.45) is 0.240. The van der Waals surface area contributed by atoms with Gasteiger partial charge in [0.15, 0.2) is 0 Å². The Morgan fingerprint density at radius 1 is 0.829 bits per heavy atom. The maximum atomic E-state index is 13.8. The quantitative estimate of drug-likeness (QED) is 0.396. The molecule has 0 bridgehead atoms. The third-order valence-corrected chi connectivity index (χ3v) is 7.34. The van der Waals surface area contributed by atoms with E-state index in [1.54, 1.807) is 48.5 Å². The van der Waals surface area contributed by atoms with E-state index in [0.717, 1.165) is 11.1 Å². The van der Waals surface area contributed by atoms with Crippen molar-refractivity contribution in [2.24, 2.45) is 10.1 Å². The van der Waals surface area contributed by atoms with Crippen molar-refractivity contribution in [3.05, 3.63) is 102 Å². The van der Waals surface area contributed by atoms with Gasteiger partial charge in [0.25, 0.3) is 5.91 Å². The largest absolute Gasteiger partial charge is 0.480 e. The van der Waals surface area contributed by atoms with Crippen LogP contribution in [0, 0.1) is 0 Å². The van der Waals surface area contributed by atoms with Crippen LogP contribution >= 0.6 is 0 Å². The van der Waals surface area contributed by atoms with Gasteiger partial charge in [0.1, 0.15) is 11.8 Å². The van der Waals surface area contributed by atoms with Crippen LogP contribution in [0.3, 0.4) is 0 Å². The van der Waals surface area contributed by atoms with Crippen LogP contribution in [0.1, 0.15) is 11.1 Å². The van der Waals surface area contributed by atoms with E-state index in [1.807, 2.05) is 30.3 Å². The molecule has 1 unspecified atom stereocenters. The number of aliphatic carboxylic acids is 1. The molecule has 2 amide bonds. The summed E-state index contributed by atoms with van der Waals surface area (Å²) in [6.45, 7) is 0. The van der Waals surface area contributed by atoms with Crippen LogP contribution in [0.2, 0.25) is 0 Å². The number of carbonyl (C=O) groups is 3. The predicted molar refractivity (Wildman–Crippen MR) is 133 cm³/mol. The van der Waals surface area contributed by atoms with Gasteiger partial charge in [-0.2, -0.15) is 4.36 Å². The topological polar surface area (TPSA) is 139 Å². The maximum Gasteiger partial charge on any atom is 0.326 e. The lowest BCUT2D eigenvalue weighted by molar-refractivity contribution is -0.141. The van der Waals surface area contributed by atoms with Crippen LogP contribution in [0.25, 0.3) is 0 Å². The van der Waals surface area contributed by atoms with Crippen LogP contribution < -0.4 is 11.1 Å². The molecule has 182 valence electrons. The molecule has 0 fully saturated rings. The minimum Gasteiger partial charge on any atom is -0.480 e. The molecule has 0 saturated carbocycles. The summed E-state index contributed by atoms with van der Waals surface area (Å²) in [4.78, 5) is 37.5. The van der Waals surface area contributed by atoms with Gasteiger partial charge in [-0.15, -0.1) is 0 Å². The molecule has 3 aromatic rings. The van der Waals surface area contributed by atoms with E-state index < -0.39 is 45.3 Å². The summed E-state index contributed by atoms with van der Waals surface area (Å²) in [5.74, 6) is -3.50. The minimum atomic E-state index is -3.56. The molecule has 0 heterocycles. The van der Waals surface area contributed by atoms with Gasteiger partial charge in [-0.1, -0.05) is 78.9 Å². The lowest BCUT2D eigenvalue weighted by Gasteiger charge is -2.17. The number of benzene rings is 3. The van der Waals surface area contributed by atoms with E-state index in [1.165, 1.54) is 12.1 Å². The Bertz CT molecular complexity index is 1270. The number of carbonyl (C=O) groups excluding carboxylic acids is 2. The summed E-state index contributed by atoms with van der Waals surface area (Å²) in [7, 11) is -3.56. The number of hydrogen-bond acceptors (Lipinski definition) is 5. The smallest absolute Gasteiger partial charge is 0.326 e. The van der Waals surface area contributed by atoms with Gasteiger partial charge in [0.05, 0.1) is 15.8 Å². The Balaban J connectivity index is 1.82. The standard InChI is InChI=1S/C26H27N3O5S/c27-22(16-19-10-4-1-5-11-19)25(31)29-35(34,21-14-8-3-9-15-21)18-24(30)28-23(26(32)33)17-20-12-6-2-7-13-20/h1-15,22-23H,16-18,27H2,(H,28,30)(H,32,33)/t22-,23-,35?/m0/s1. The van der Waals surface area contributed by atoms with Crippen molar-refractivity contribution in [1.82, 2.24) is 5.32 Å². The number of nitrogens with two attached hydrogens (primary N) is 1. The van der Waals surface area contributed by atoms with Crippen LogP contribution in [0.15, 0.2) is 100 Å². The fourth-order valence-electron chi connectivity index (χ4n) is 3.43. The Morgan fingerprint density at radius 2 is 1.31 bits per heavy atom. The van der Waals surface area contributed by atoms with E-state index in [-0.39, 0.29) is 17.7 Å². The third kappa shape index (κ3) is 7.59. The van der Waals surface area contributed by atoms with Gasteiger partial charge in [-0.25, -0.2) is 9.00 Å². The lowest BCUT2D eigenvalue weighted by atomic mass is 10.1. The summed E-state index contributed by atoms with van der Waals surface area (Å²) in [5.41, 5.74) is 7.56. The van der Waals surface area contributed by atoms with Gasteiger partial charge in [0.2, 0.25) is 5.91 Å². The zero-order valence-corrected chi connectivity index (χ0v) is 19.8. The number of nitrogens with one attached hydrogen (secondary N) is 1. The summed E-state index contributed by atoms with van der Waals surface area (Å²) >= 11 is 0. The second-order valence-corrected chi connectivity index (χ2v) is 10.2. The number of nitrogens with zero attached hydrogens (tertiary/aromatic N) is 1. The molecule has 9 heteroatoms. The number of hydrogen-bond donors (Lipinski definition) is 3. The zero-order valence-electron chi connectivity index (χ0n) is 18.9.